The van der Waals surface area contributed by atoms with Gasteiger partial charge in [0.2, 0.25) is 0 Å². The molecule has 0 spiro atoms. The van der Waals surface area contributed by atoms with Gasteiger partial charge in [-0.15, -0.1) is 0 Å². The smallest absolute Gasteiger partial charge is 0.132 e. The van der Waals surface area contributed by atoms with E-state index in [0.29, 0.717) is 17.7 Å². The van der Waals surface area contributed by atoms with Crippen LogP contribution in [-0.4, -0.2) is 24.0 Å². The van der Waals surface area contributed by atoms with E-state index in [2.05, 4.69) is 11.2 Å². The Morgan fingerprint density at radius 3 is 2.45 bits per heavy atom. The Morgan fingerprint density at radius 2 is 1.86 bits per heavy atom. The van der Waals surface area contributed by atoms with Crippen LogP contribution in [0.15, 0.2) is 12.1 Å². The van der Waals surface area contributed by atoms with Crippen LogP contribution in [-0.2, 0) is 7.05 Å². The lowest BCUT2D eigenvalue weighted by atomic mass is 9.88. The Bertz CT molecular complexity index is 731. The Labute approximate surface area is 130 Å². The van der Waals surface area contributed by atoms with Crippen LogP contribution in [0.3, 0.4) is 0 Å². The molecule has 2 aromatic rings. The van der Waals surface area contributed by atoms with Crippen LogP contribution in [0.25, 0.3) is 11.3 Å². The van der Waals surface area contributed by atoms with E-state index >= 15 is 0 Å². The van der Waals surface area contributed by atoms with Crippen LogP contribution in [0.5, 0.6) is 11.5 Å². The average molecular weight is 299 g/mol. The number of aromatic nitrogens is 2. The van der Waals surface area contributed by atoms with Gasteiger partial charge in [-0.3, -0.25) is 4.68 Å². The number of fused-ring (bicyclic) bond motifs is 5. The minimum absolute atomic E-state index is 0.588. The largest absolute Gasteiger partial charge is 0.496 e. The van der Waals surface area contributed by atoms with Gasteiger partial charge in [0.15, 0.2) is 0 Å². The van der Waals surface area contributed by atoms with Gasteiger partial charge in [-0.05, 0) is 37.2 Å². The molecule has 0 radical (unpaired) electrons. The molecule has 116 valence electrons. The quantitative estimate of drug-likeness (QED) is 0.946. The van der Waals surface area contributed by atoms with Crippen LogP contribution in [0.4, 0.5) is 5.82 Å². The molecule has 0 amide bonds. The summed E-state index contributed by atoms with van der Waals surface area (Å²) in [6, 6.07) is 3.94. The predicted molar refractivity (Wildman–Crippen MR) is 85.5 cm³/mol. The minimum Gasteiger partial charge on any atom is -0.496 e. The number of nitrogens with zero attached hydrogens (tertiary/aromatic N) is 2. The second-order valence-corrected chi connectivity index (χ2v) is 6.27. The molecular weight excluding hydrogens is 278 g/mol. The lowest BCUT2D eigenvalue weighted by Crippen LogP contribution is -2.05. The first kappa shape index (κ1) is 13.5. The van der Waals surface area contributed by atoms with Gasteiger partial charge >= 0.3 is 0 Å². The van der Waals surface area contributed by atoms with E-state index in [-0.39, 0.29) is 0 Å². The van der Waals surface area contributed by atoms with Crippen LogP contribution in [0.2, 0.25) is 0 Å². The number of hydrogen-bond donors (Lipinski definition) is 1. The molecule has 1 fully saturated rings. The summed E-state index contributed by atoms with van der Waals surface area (Å²) in [4.78, 5) is 0. The fourth-order valence-electron chi connectivity index (χ4n) is 4.20. The molecule has 2 atom stereocenters. The summed E-state index contributed by atoms with van der Waals surface area (Å²) in [5, 5.41) is 4.51. The van der Waals surface area contributed by atoms with Crippen molar-refractivity contribution >= 4 is 5.82 Å². The third kappa shape index (κ3) is 1.68. The van der Waals surface area contributed by atoms with Gasteiger partial charge in [-0.25, -0.2) is 0 Å². The van der Waals surface area contributed by atoms with Gasteiger partial charge in [0.05, 0.1) is 19.9 Å². The maximum absolute atomic E-state index is 5.94. The number of nitrogens with two attached hydrogens (primary N) is 1. The summed E-state index contributed by atoms with van der Waals surface area (Å²) in [5.41, 5.74) is 10.4. The number of methoxy groups -OCH3 is 2. The molecule has 2 aliphatic carbocycles. The van der Waals surface area contributed by atoms with E-state index < -0.39 is 0 Å². The first-order chi connectivity index (χ1) is 10.6. The van der Waals surface area contributed by atoms with Crippen molar-refractivity contribution in [2.75, 3.05) is 20.0 Å². The monoisotopic (exact) mass is 299 g/mol. The van der Waals surface area contributed by atoms with Crippen molar-refractivity contribution in [3.63, 3.8) is 0 Å². The summed E-state index contributed by atoms with van der Waals surface area (Å²) < 4.78 is 13.2. The first-order valence-electron chi connectivity index (χ1n) is 7.72. The van der Waals surface area contributed by atoms with Crippen LogP contribution >= 0.6 is 0 Å². The standard InChI is InChI=1S/C17H21N3O2/c1-20-14(18)8-12(19-20)11-7-13(21-2)15-9-4-5-10(6-9)16(15)17(11)22-3/h7-10H,4-6,18H2,1-3H3. The van der Waals surface area contributed by atoms with Gasteiger partial charge in [0, 0.05) is 29.8 Å². The second kappa shape index (κ2) is 4.66. The van der Waals surface area contributed by atoms with Crippen molar-refractivity contribution in [2.45, 2.75) is 31.1 Å². The Balaban J connectivity index is 1.98. The number of ether oxygens (including phenoxy) is 2. The fraction of sp³-hybridized carbons (Fsp3) is 0.471. The summed E-state index contributed by atoms with van der Waals surface area (Å²) in [5.74, 6) is 3.75. The zero-order chi connectivity index (χ0) is 15.4. The number of hydrogen-bond acceptors (Lipinski definition) is 4. The highest BCUT2D eigenvalue weighted by Gasteiger charge is 2.42. The molecule has 1 aromatic carbocycles. The highest BCUT2D eigenvalue weighted by atomic mass is 16.5. The number of rotatable bonds is 3. The third-order valence-electron chi connectivity index (χ3n) is 5.19. The first-order valence-corrected chi connectivity index (χ1v) is 7.72. The van der Waals surface area contributed by atoms with Gasteiger partial charge in [-0.1, -0.05) is 0 Å². The normalized spacial score (nSPS) is 22.0. The molecule has 2 aliphatic rings. The Kier molecular flexibility index (Phi) is 2.86. The molecule has 5 heteroatoms. The maximum atomic E-state index is 5.94. The van der Waals surface area contributed by atoms with Crippen molar-refractivity contribution < 1.29 is 9.47 Å². The van der Waals surface area contributed by atoms with E-state index in [4.69, 9.17) is 15.2 Å². The molecule has 5 nitrogen and oxygen atoms in total. The van der Waals surface area contributed by atoms with Crippen molar-refractivity contribution in [2.24, 2.45) is 7.05 Å². The van der Waals surface area contributed by atoms with Crippen LogP contribution < -0.4 is 15.2 Å². The van der Waals surface area contributed by atoms with E-state index in [1.54, 1.807) is 18.9 Å². The third-order valence-corrected chi connectivity index (χ3v) is 5.19. The zero-order valence-electron chi connectivity index (χ0n) is 13.2. The second-order valence-electron chi connectivity index (χ2n) is 6.27. The molecule has 2 N–H and O–H groups in total. The Hall–Kier alpha value is -2.17. The molecular formula is C17H21N3O2. The van der Waals surface area contributed by atoms with E-state index in [1.165, 1.54) is 30.4 Å². The van der Waals surface area contributed by atoms with Gasteiger partial charge in [0.1, 0.15) is 17.3 Å². The van der Waals surface area contributed by atoms with E-state index in [1.807, 2.05) is 13.1 Å². The molecule has 0 saturated heterocycles. The Morgan fingerprint density at radius 1 is 1.14 bits per heavy atom. The number of anilines is 1. The average Bonchev–Trinajstić information content (AvgIpc) is 3.21. The van der Waals surface area contributed by atoms with Crippen LogP contribution in [0.1, 0.15) is 42.2 Å². The summed E-state index contributed by atoms with van der Waals surface area (Å²) in [6.07, 6.45) is 3.72. The number of aryl methyl sites for hydroxylation is 1. The van der Waals surface area contributed by atoms with E-state index in [0.717, 1.165) is 22.8 Å². The molecule has 2 bridgehead atoms. The molecule has 1 aromatic heterocycles. The van der Waals surface area contributed by atoms with Crippen molar-refractivity contribution in [3.8, 4) is 22.8 Å². The molecule has 2 unspecified atom stereocenters. The lowest BCUT2D eigenvalue weighted by molar-refractivity contribution is 0.392. The van der Waals surface area contributed by atoms with E-state index in [9.17, 15) is 0 Å². The fourth-order valence-corrected chi connectivity index (χ4v) is 4.20. The van der Waals surface area contributed by atoms with Crippen molar-refractivity contribution in [1.29, 1.82) is 0 Å². The van der Waals surface area contributed by atoms with Crippen LogP contribution in [0, 0.1) is 0 Å². The molecule has 4 rings (SSSR count). The summed E-state index contributed by atoms with van der Waals surface area (Å²) in [6.45, 7) is 0. The minimum atomic E-state index is 0.588. The predicted octanol–water partition coefficient (Wildman–Crippen LogP) is 3.05. The molecule has 0 aliphatic heterocycles. The lowest BCUT2D eigenvalue weighted by Gasteiger charge is -2.23. The zero-order valence-corrected chi connectivity index (χ0v) is 13.2. The molecule has 1 saturated carbocycles. The van der Waals surface area contributed by atoms with Gasteiger partial charge < -0.3 is 15.2 Å². The highest BCUT2D eigenvalue weighted by molar-refractivity contribution is 5.76. The number of nitrogen functional groups attached to an aromatic ring is 1. The van der Waals surface area contributed by atoms with Gasteiger partial charge in [0.25, 0.3) is 0 Å². The van der Waals surface area contributed by atoms with Gasteiger partial charge in [-0.2, -0.15) is 5.10 Å². The maximum Gasteiger partial charge on any atom is 0.132 e. The van der Waals surface area contributed by atoms with Crippen molar-refractivity contribution in [1.82, 2.24) is 9.78 Å². The highest BCUT2D eigenvalue weighted by Crippen LogP contribution is 2.60. The number of benzene rings is 1. The molecule has 22 heavy (non-hydrogen) atoms. The summed E-state index contributed by atoms with van der Waals surface area (Å²) >= 11 is 0. The van der Waals surface area contributed by atoms with Crippen molar-refractivity contribution in [3.05, 3.63) is 23.3 Å². The molecule has 1 heterocycles. The SMILES string of the molecule is COc1cc(-c2cc(N)n(C)n2)c(OC)c2c1C1CCC2C1. The topological polar surface area (TPSA) is 62.3 Å². The summed E-state index contributed by atoms with van der Waals surface area (Å²) in [7, 11) is 5.33.